The van der Waals surface area contributed by atoms with Gasteiger partial charge in [-0.2, -0.15) is 10.4 Å². The van der Waals surface area contributed by atoms with E-state index in [1.807, 2.05) is 0 Å². The first-order chi connectivity index (χ1) is 14.9. The van der Waals surface area contributed by atoms with Gasteiger partial charge in [-0.1, -0.05) is 45.2 Å². The van der Waals surface area contributed by atoms with Gasteiger partial charge >= 0.3 is 0 Å². The molecule has 0 aliphatic heterocycles. The molecule has 3 aromatic rings. The second-order valence-electron chi connectivity index (χ2n) is 6.21. The lowest BCUT2D eigenvalue weighted by Crippen LogP contribution is -2.19. The van der Waals surface area contributed by atoms with E-state index in [9.17, 15) is 9.18 Å². The average Bonchev–Trinajstić information content (AvgIpc) is 2.74. The number of ether oxygens (including phenoxy) is 1. The number of amides is 1. The highest BCUT2D eigenvalue weighted by molar-refractivity contribution is 9.10. The van der Waals surface area contributed by atoms with Gasteiger partial charge in [-0.3, -0.25) is 4.79 Å². The predicted octanol–water partition coefficient (Wildman–Crippen LogP) is 6.11. The van der Waals surface area contributed by atoms with Gasteiger partial charge in [0.1, 0.15) is 18.2 Å². The molecule has 0 unspecified atom stereocenters. The van der Waals surface area contributed by atoms with Crippen LogP contribution >= 0.6 is 39.1 Å². The lowest BCUT2D eigenvalue weighted by molar-refractivity contribution is 0.0951. The second-order valence-corrected chi connectivity index (χ2v) is 7.97. The molecular formula is C22H13BrCl2FN3O2. The monoisotopic (exact) mass is 519 g/mol. The van der Waals surface area contributed by atoms with Crippen LogP contribution in [0.5, 0.6) is 5.75 Å². The van der Waals surface area contributed by atoms with Gasteiger partial charge in [-0.25, -0.2) is 9.82 Å². The number of nitrogens with zero attached hydrogens (tertiary/aromatic N) is 2. The summed E-state index contributed by atoms with van der Waals surface area (Å²) >= 11 is 15.5. The van der Waals surface area contributed by atoms with Gasteiger partial charge in [0.05, 0.1) is 23.4 Å². The van der Waals surface area contributed by atoms with Crippen molar-refractivity contribution in [2.75, 3.05) is 0 Å². The van der Waals surface area contributed by atoms with E-state index in [4.69, 9.17) is 33.2 Å². The van der Waals surface area contributed by atoms with Gasteiger partial charge in [0.2, 0.25) is 0 Å². The number of carbonyl (C=O) groups is 1. The lowest BCUT2D eigenvalue weighted by atomic mass is 10.1. The van der Waals surface area contributed by atoms with Crippen LogP contribution in [0.2, 0.25) is 10.0 Å². The summed E-state index contributed by atoms with van der Waals surface area (Å²) in [6.45, 7) is 0.196. The molecule has 0 fully saturated rings. The van der Waals surface area contributed by atoms with E-state index in [1.165, 1.54) is 18.3 Å². The summed E-state index contributed by atoms with van der Waals surface area (Å²) < 4.78 is 20.6. The van der Waals surface area contributed by atoms with Crippen LogP contribution in [-0.2, 0) is 6.61 Å². The highest BCUT2D eigenvalue weighted by atomic mass is 79.9. The normalized spacial score (nSPS) is 10.7. The Labute approximate surface area is 196 Å². The smallest absolute Gasteiger partial charge is 0.274 e. The standard InChI is InChI=1S/C22H13BrCl2FN3O2/c23-16-3-6-21(31-12-14-2-4-17(24)9-19(14)25)15(8-16)11-28-29-22(30)18-5-1-13(10-27)7-20(18)26/h1-9,11H,12H2,(H,29,30). The first-order valence-corrected chi connectivity index (χ1v) is 10.3. The first kappa shape index (κ1) is 22.8. The van der Waals surface area contributed by atoms with E-state index in [-0.39, 0.29) is 17.7 Å². The fourth-order valence-electron chi connectivity index (χ4n) is 2.54. The number of halogens is 4. The van der Waals surface area contributed by atoms with Crippen molar-refractivity contribution in [2.45, 2.75) is 6.61 Å². The molecule has 156 valence electrons. The number of nitrogens with one attached hydrogen (secondary N) is 1. The Kier molecular flexibility index (Phi) is 7.64. The molecule has 0 aromatic heterocycles. The van der Waals surface area contributed by atoms with Gasteiger partial charge in [0.15, 0.2) is 0 Å². The Morgan fingerprint density at radius 1 is 1.19 bits per heavy atom. The van der Waals surface area contributed by atoms with Crippen LogP contribution in [-0.4, -0.2) is 12.1 Å². The quantitative estimate of drug-likeness (QED) is 0.314. The number of nitriles is 1. The van der Waals surface area contributed by atoms with Gasteiger partial charge in [-0.05, 0) is 48.5 Å². The summed E-state index contributed by atoms with van der Waals surface area (Å²) in [5.41, 5.74) is 3.48. The van der Waals surface area contributed by atoms with Crippen molar-refractivity contribution in [3.63, 3.8) is 0 Å². The fourth-order valence-corrected chi connectivity index (χ4v) is 3.38. The topological polar surface area (TPSA) is 74.5 Å². The van der Waals surface area contributed by atoms with Crippen molar-refractivity contribution in [3.05, 3.63) is 97.2 Å². The van der Waals surface area contributed by atoms with E-state index in [1.54, 1.807) is 42.5 Å². The van der Waals surface area contributed by atoms with Crippen LogP contribution in [0.3, 0.4) is 0 Å². The number of hydrazone groups is 1. The Hall–Kier alpha value is -2.92. The highest BCUT2D eigenvalue weighted by Gasteiger charge is 2.12. The summed E-state index contributed by atoms with van der Waals surface area (Å²) in [7, 11) is 0. The molecule has 0 radical (unpaired) electrons. The van der Waals surface area contributed by atoms with E-state index in [2.05, 4.69) is 26.5 Å². The van der Waals surface area contributed by atoms with Crippen molar-refractivity contribution in [2.24, 2.45) is 5.10 Å². The molecule has 5 nitrogen and oxygen atoms in total. The van der Waals surface area contributed by atoms with Crippen molar-refractivity contribution >= 4 is 51.3 Å². The fraction of sp³-hybridized carbons (Fsp3) is 0.0455. The first-order valence-electron chi connectivity index (χ1n) is 8.76. The molecule has 0 aliphatic carbocycles. The minimum Gasteiger partial charge on any atom is -0.488 e. The number of carbonyl (C=O) groups excluding carboxylic acids is 1. The lowest BCUT2D eigenvalue weighted by Gasteiger charge is -2.11. The van der Waals surface area contributed by atoms with Gasteiger partial charge in [0.25, 0.3) is 5.91 Å². The third kappa shape index (κ3) is 6.05. The predicted molar refractivity (Wildman–Crippen MR) is 121 cm³/mol. The van der Waals surface area contributed by atoms with Gasteiger partial charge in [-0.15, -0.1) is 0 Å². The van der Waals surface area contributed by atoms with Crippen molar-refractivity contribution in [1.29, 1.82) is 5.26 Å². The zero-order chi connectivity index (χ0) is 22.4. The molecule has 0 saturated carbocycles. The molecule has 0 atom stereocenters. The molecule has 1 amide bonds. The third-order valence-corrected chi connectivity index (χ3v) is 5.16. The van der Waals surface area contributed by atoms with Crippen LogP contribution in [0, 0.1) is 17.1 Å². The summed E-state index contributed by atoms with van der Waals surface area (Å²) in [5.74, 6) is -1.06. The molecule has 3 aromatic carbocycles. The van der Waals surface area contributed by atoms with E-state index >= 15 is 0 Å². The molecule has 0 heterocycles. The van der Waals surface area contributed by atoms with Gasteiger partial charge in [0, 0.05) is 25.6 Å². The average molecular weight is 521 g/mol. The molecular weight excluding hydrogens is 508 g/mol. The molecule has 31 heavy (non-hydrogen) atoms. The molecule has 3 rings (SSSR count). The van der Waals surface area contributed by atoms with Crippen molar-refractivity contribution in [1.82, 2.24) is 5.43 Å². The molecule has 0 bridgehead atoms. The third-order valence-electron chi connectivity index (χ3n) is 4.08. The SMILES string of the molecule is N#Cc1ccc(C(=O)NN=Cc2cc(Br)ccc2OCc2ccc(Cl)cc2Cl)c(F)c1. The van der Waals surface area contributed by atoms with Crippen LogP contribution in [0.25, 0.3) is 0 Å². The van der Waals surface area contributed by atoms with E-state index in [0.717, 1.165) is 16.1 Å². The molecule has 0 aliphatic rings. The maximum atomic E-state index is 14.0. The minimum atomic E-state index is -0.807. The summed E-state index contributed by atoms with van der Waals surface area (Å²) in [6.07, 6.45) is 1.38. The zero-order valence-corrected chi connectivity index (χ0v) is 18.8. The Morgan fingerprint density at radius 3 is 2.71 bits per heavy atom. The van der Waals surface area contributed by atoms with Crippen LogP contribution in [0.4, 0.5) is 4.39 Å². The number of hydrogen-bond acceptors (Lipinski definition) is 4. The Morgan fingerprint density at radius 2 is 2.00 bits per heavy atom. The molecule has 1 N–H and O–H groups in total. The molecule has 9 heteroatoms. The maximum absolute atomic E-state index is 14.0. The number of benzene rings is 3. The van der Waals surface area contributed by atoms with E-state index < -0.39 is 11.7 Å². The Balaban J connectivity index is 1.72. The highest BCUT2D eigenvalue weighted by Crippen LogP contribution is 2.26. The summed E-state index contributed by atoms with van der Waals surface area (Å²) in [6, 6.07) is 15.8. The van der Waals surface area contributed by atoms with Crippen LogP contribution in [0.1, 0.15) is 27.0 Å². The number of hydrogen-bond donors (Lipinski definition) is 1. The summed E-state index contributed by atoms with van der Waals surface area (Å²) in [5, 5.41) is 13.7. The van der Waals surface area contributed by atoms with E-state index in [0.29, 0.717) is 21.4 Å². The van der Waals surface area contributed by atoms with Crippen LogP contribution < -0.4 is 10.2 Å². The Bertz CT molecular complexity index is 1210. The van der Waals surface area contributed by atoms with Crippen molar-refractivity contribution < 1.29 is 13.9 Å². The summed E-state index contributed by atoms with van der Waals surface area (Å²) in [4.78, 5) is 12.2. The molecule has 0 spiro atoms. The number of rotatable bonds is 6. The minimum absolute atomic E-state index is 0.120. The largest absolute Gasteiger partial charge is 0.488 e. The molecule has 0 saturated heterocycles. The van der Waals surface area contributed by atoms with Crippen LogP contribution in [0.15, 0.2) is 64.2 Å². The van der Waals surface area contributed by atoms with Gasteiger partial charge < -0.3 is 4.74 Å². The van der Waals surface area contributed by atoms with Crippen molar-refractivity contribution in [3.8, 4) is 11.8 Å². The maximum Gasteiger partial charge on any atom is 0.274 e. The zero-order valence-electron chi connectivity index (χ0n) is 15.7. The second kappa shape index (κ2) is 10.4.